The molecule has 1 saturated carbocycles. The van der Waals surface area contributed by atoms with Gasteiger partial charge in [-0.25, -0.2) is 14.4 Å². The van der Waals surface area contributed by atoms with Gasteiger partial charge in [-0.1, -0.05) is 43.2 Å². The van der Waals surface area contributed by atoms with Crippen molar-refractivity contribution in [1.82, 2.24) is 15.5 Å². The lowest BCUT2D eigenvalue weighted by molar-refractivity contribution is -0.150. The van der Waals surface area contributed by atoms with Gasteiger partial charge in [-0.05, 0) is 63.0 Å². The van der Waals surface area contributed by atoms with Crippen molar-refractivity contribution in [3.8, 4) is 0 Å². The van der Waals surface area contributed by atoms with Crippen LogP contribution in [-0.2, 0) is 30.5 Å². The highest BCUT2D eigenvalue weighted by molar-refractivity contribution is 5.90. The van der Waals surface area contributed by atoms with E-state index in [1.165, 1.54) is 4.90 Å². The fraction of sp³-hybridized carbons (Fsp3) is 0.607. The number of nitrogens with two attached hydrogens (primary N) is 1. The monoisotopic (exact) mass is 560 g/mol. The van der Waals surface area contributed by atoms with Crippen molar-refractivity contribution in [3.05, 3.63) is 35.9 Å². The summed E-state index contributed by atoms with van der Waals surface area (Å²) in [5.74, 6) is -3.40. The highest BCUT2D eigenvalue weighted by Crippen LogP contribution is 2.40. The molecule has 1 saturated heterocycles. The average molecular weight is 561 g/mol. The van der Waals surface area contributed by atoms with Gasteiger partial charge in [-0.3, -0.25) is 9.59 Å². The Morgan fingerprint density at radius 3 is 2.38 bits per heavy atom. The lowest BCUT2D eigenvalue weighted by Gasteiger charge is -2.33. The third kappa shape index (κ3) is 8.67. The molecular weight excluding hydrogens is 520 g/mol. The summed E-state index contributed by atoms with van der Waals surface area (Å²) in [4.78, 5) is 63.8. The first-order chi connectivity index (χ1) is 19.2. The van der Waals surface area contributed by atoms with Gasteiger partial charge in [0.05, 0.1) is 0 Å². The van der Waals surface area contributed by atoms with Crippen molar-refractivity contribution in [3.63, 3.8) is 0 Å². The van der Waals surface area contributed by atoms with Crippen LogP contribution in [0, 0.1) is 5.92 Å². The topological polar surface area (TPSA) is 188 Å². The maximum Gasteiger partial charge on any atom is 0.408 e. The summed E-state index contributed by atoms with van der Waals surface area (Å²) in [5.41, 5.74) is 6.31. The molecule has 1 aliphatic carbocycles. The van der Waals surface area contributed by atoms with Gasteiger partial charge in [0.15, 0.2) is 0 Å². The first-order valence-electron chi connectivity index (χ1n) is 14.0. The van der Waals surface area contributed by atoms with Crippen molar-refractivity contribution in [2.75, 3.05) is 6.54 Å². The van der Waals surface area contributed by atoms with Crippen molar-refractivity contribution in [2.45, 2.75) is 95.0 Å². The molecule has 1 aliphatic heterocycles. The number of likely N-dealkylation sites (tertiary alicyclic amines) is 1. The minimum absolute atomic E-state index is 0.000632. The fourth-order valence-electron chi connectivity index (χ4n) is 5.63. The van der Waals surface area contributed by atoms with Crippen molar-refractivity contribution >= 4 is 29.8 Å². The Labute approximate surface area is 233 Å². The summed E-state index contributed by atoms with van der Waals surface area (Å²) >= 11 is 0. The smallest absolute Gasteiger partial charge is 0.408 e. The summed E-state index contributed by atoms with van der Waals surface area (Å²) < 4.78 is 5.21. The molecule has 3 amide bonds. The number of aliphatic carboxylic acids is 2. The number of carbonyl (C=O) groups is 5. The SMILES string of the molecule is NCCCC[C@H](NC(=O)OCc1ccccc1)C(=O)N[C@H](CCC(=O)N1C(C(=O)O)CC2CCCCC21)C(=O)O. The minimum atomic E-state index is -1.40. The van der Waals surface area contributed by atoms with Gasteiger partial charge in [-0.2, -0.15) is 0 Å². The third-order valence-corrected chi connectivity index (χ3v) is 7.69. The van der Waals surface area contributed by atoms with Gasteiger partial charge in [-0.15, -0.1) is 0 Å². The van der Waals surface area contributed by atoms with Crippen LogP contribution in [0.2, 0.25) is 0 Å². The Morgan fingerprint density at radius 2 is 1.70 bits per heavy atom. The van der Waals surface area contributed by atoms with Gasteiger partial charge in [0.2, 0.25) is 11.8 Å². The van der Waals surface area contributed by atoms with E-state index < -0.39 is 48.0 Å². The Morgan fingerprint density at radius 1 is 0.975 bits per heavy atom. The molecule has 3 unspecified atom stereocenters. The van der Waals surface area contributed by atoms with E-state index in [1.807, 2.05) is 6.07 Å². The van der Waals surface area contributed by atoms with Crippen LogP contribution in [0.3, 0.4) is 0 Å². The summed E-state index contributed by atoms with van der Waals surface area (Å²) in [7, 11) is 0. The normalized spacial score (nSPS) is 21.5. The van der Waals surface area contributed by atoms with Gasteiger partial charge < -0.3 is 36.2 Å². The predicted octanol–water partition coefficient (Wildman–Crippen LogP) is 2.00. The number of nitrogens with zero attached hydrogens (tertiary/aromatic N) is 1. The Kier molecular flexibility index (Phi) is 11.7. The summed E-state index contributed by atoms with van der Waals surface area (Å²) in [6, 6.07) is 5.46. The maximum atomic E-state index is 13.1. The van der Waals surface area contributed by atoms with E-state index in [2.05, 4.69) is 10.6 Å². The van der Waals surface area contributed by atoms with Crippen LogP contribution >= 0.6 is 0 Å². The maximum absolute atomic E-state index is 13.1. The molecule has 1 aromatic rings. The number of carbonyl (C=O) groups excluding carboxylic acids is 3. The van der Waals surface area contributed by atoms with E-state index in [9.17, 15) is 34.2 Å². The minimum Gasteiger partial charge on any atom is -0.480 e. The second-order valence-corrected chi connectivity index (χ2v) is 10.5. The third-order valence-electron chi connectivity index (χ3n) is 7.69. The standard InChI is InChI=1S/C28H40N4O8/c29-15-7-6-11-20(31-28(39)40-17-18-8-2-1-3-9-18)25(34)30-21(26(35)36)13-14-24(33)32-22-12-5-4-10-19(22)16-23(32)27(37)38/h1-3,8-9,19-23H,4-7,10-17,29H2,(H,30,34)(H,31,39)(H,35,36)(H,37,38)/t19?,20-,21+,22?,23?/m0/s1. The lowest BCUT2D eigenvalue weighted by atomic mass is 9.84. The fourth-order valence-corrected chi connectivity index (χ4v) is 5.63. The Hall–Kier alpha value is -3.67. The van der Waals surface area contributed by atoms with Crippen molar-refractivity contribution in [2.24, 2.45) is 11.7 Å². The first kappa shape index (κ1) is 30.9. The second kappa shape index (κ2) is 15.2. The van der Waals surface area contributed by atoms with Crippen LogP contribution in [0.1, 0.15) is 69.8 Å². The average Bonchev–Trinajstić information content (AvgIpc) is 3.34. The molecule has 40 heavy (non-hydrogen) atoms. The number of nitrogens with one attached hydrogen (secondary N) is 2. The van der Waals surface area contributed by atoms with E-state index in [-0.39, 0.29) is 37.8 Å². The van der Waals surface area contributed by atoms with Gasteiger partial charge in [0.1, 0.15) is 24.7 Å². The number of hydrogen-bond donors (Lipinski definition) is 5. The number of fused-ring (bicyclic) bond motifs is 1. The number of rotatable bonds is 14. The number of carboxylic acid groups (broad SMARTS) is 2. The molecular formula is C28H40N4O8. The van der Waals surface area contributed by atoms with Gasteiger partial charge in [0, 0.05) is 12.5 Å². The molecule has 2 fully saturated rings. The number of benzene rings is 1. The molecule has 0 aromatic heterocycles. The highest BCUT2D eigenvalue weighted by atomic mass is 16.5. The Balaban J connectivity index is 1.59. The molecule has 1 aromatic carbocycles. The molecule has 3 rings (SSSR count). The molecule has 1 heterocycles. The molecule has 220 valence electrons. The van der Waals surface area contributed by atoms with E-state index in [0.29, 0.717) is 25.8 Å². The molecule has 2 aliphatic rings. The number of unbranched alkanes of at least 4 members (excludes halogenated alkanes) is 1. The zero-order valence-electron chi connectivity index (χ0n) is 22.6. The summed E-state index contributed by atoms with van der Waals surface area (Å²) in [5, 5.41) is 24.4. The van der Waals surface area contributed by atoms with Crippen LogP contribution in [0.25, 0.3) is 0 Å². The number of alkyl carbamates (subject to hydrolysis) is 1. The van der Waals surface area contributed by atoms with E-state index in [0.717, 1.165) is 31.2 Å². The number of hydrogen-bond acceptors (Lipinski definition) is 7. The number of amides is 3. The van der Waals surface area contributed by atoms with Gasteiger partial charge >= 0.3 is 18.0 Å². The van der Waals surface area contributed by atoms with Crippen molar-refractivity contribution in [1.29, 1.82) is 0 Å². The summed E-state index contributed by atoms with van der Waals surface area (Å²) in [6.07, 6.45) is 3.99. The molecule has 5 atom stereocenters. The molecule has 0 bridgehead atoms. The van der Waals surface area contributed by atoms with Crippen LogP contribution in [0.15, 0.2) is 30.3 Å². The largest absolute Gasteiger partial charge is 0.480 e. The number of carboxylic acids is 2. The van der Waals surface area contributed by atoms with Crippen LogP contribution in [0.4, 0.5) is 4.79 Å². The zero-order valence-corrected chi connectivity index (χ0v) is 22.6. The van der Waals surface area contributed by atoms with E-state index in [1.54, 1.807) is 24.3 Å². The van der Waals surface area contributed by atoms with Gasteiger partial charge in [0.25, 0.3) is 0 Å². The summed E-state index contributed by atoms with van der Waals surface area (Å²) in [6.45, 7) is 0.391. The molecule has 6 N–H and O–H groups in total. The number of ether oxygens (including phenoxy) is 1. The quantitative estimate of drug-likeness (QED) is 0.212. The van der Waals surface area contributed by atoms with Crippen molar-refractivity contribution < 1.29 is 38.9 Å². The van der Waals surface area contributed by atoms with Crippen LogP contribution in [-0.4, -0.2) is 75.7 Å². The molecule has 0 spiro atoms. The van der Waals surface area contributed by atoms with E-state index in [4.69, 9.17) is 10.5 Å². The zero-order chi connectivity index (χ0) is 29.1. The first-order valence-corrected chi connectivity index (χ1v) is 14.0. The second-order valence-electron chi connectivity index (χ2n) is 10.5. The predicted molar refractivity (Wildman–Crippen MR) is 144 cm³/mol. The molecule has 12 heteroatoms. The van der Waals surface area contributed by atoms with Crippen LogP contribution in [0.5, 0.6) is 0 Å². The van der Waals surface area contributed by atoms with E-state index >= 15 is 0 Å². The Bertz CT molecular complexity index is 1040. The highest BCUT2D eigenvalue weighted by Gasteiger charge is 2.47. The molecule has 0 radical (unpaired) electrons. The molecule has 12 nitrogen and oxygen atoms in total. The lowest BCUT2D eigenvalue weighted by Crippen LogP contribution is -2.52. The van der Waals surface area contributed by atoms with Crippen LogP contribution < -0.4 is 16.4 Å².